The van der Waals surface area contributed by atoms with Crippen molar-refractivity contribution in [2.24, 2.45) is 10.9 Å². The Morgan fingerprint density at radius 3 is 2.34 bits per heavy atom. The van der Waals surface area contributed by atoms with Crippen LogP contribution in [0.4, 0.5) is 0 Å². The highest BCUT2D eigenvalue weighted by molar-refractivity contribution is 5.79. The van der Waals surface area contributed by atoms with Gasteiger partial charge in [-0.3, -0.25) is 14.8 Å². The Balaban J connectivity index is 1.92. The van der Waals surface area contributed by atoms with E-state index in [0.717, 1.165) is 65.0 Å². The van der Waals surface area contributed by atoms with Gasteiger partial charge in [0.2, 0.25) is 0 Å². The third-order valence-corrected chi connectivity index (χ3v) is 5.84. The van der Waals surface area contributed by atoms with Crippen molar-refractivity contribution in [1.82, 2.24) is 20.4 Å². The lowest BCUT2D eigenvalue weighted by molar-refractivity contribution is 0.00752. The lowest BCUT2D eigenvalue weighted by Gasteiger charge is -2.37. The fraction of sp³-hybridized carbons (Fsp3) is 0.696. The molecule has 0 saturated carbocycles. The Hall–Kier alpha value is -1.63. The van der Waals surface area contributed by atoms with Gasteiger partial charge in [0, 0.05) is 45.8 Å². The quantitative estimate of drug-likeness (QED) is 0.464. The minimum atomic E-state index is 0.479. The van der Waals surface area contributed by atoms with Crippen molar-refractivity contribution in [2.45, 2.75) is 46.8 Å². The van der Waals surface area contributed by atoms with Gasteiger partial charge in [-0.15, -0.1) is 0 Å². The average Bonchev–Trinajstić information content (AvgIpc) is 2.75. The molecule has 164 valence electrons. The first-order valence-electron chi connectivity index (χ1n) is 11.1. The molecule has 1 fully saturated rings. The lowest BCUT2D eigenvalue weighted by atomic mass is 10.0. The van der Waals surface area contributed by atoms with Crippen LogP contribution in [0.2, 0.25) is 0 Å². The van der Waals surface area contributed by atoms with Crippen molar-refractivity contribution < 1.29 is 4.74 Å². The lowest BCUT2D eigenvalue weighted by Crippen LogP contribution is -2.52. The molecular formula is C23H41N5O. The summed E-state index contributed by atoms with van der Waals surface area (Å²) in [4.78, 5) is 9.42. The van der Waals surface area contributed by atoms with Crippen LogP contribution in [-0.4, -0.2) is 74.8 Å². The maximum atomic E-state index is 5.52. The van der Waals surface area contributed by atoms with E-state index in [2.05, 4.69) is 77.4 Å². The van der Waals surface area contributed by atoms with Gasteiger partial charge >= 0.3 is 0 Å². The third-order valence-electron chi connectivity index (χ3n) is 5.84. The summed E-state index contributed by atoms with van der Waals surface area (Å²) in [6.45, 7) is 17.5. The number of hydrogen-bond donors (Lipinski definition) is 2. The summed E-state index contributed by atoms with van der Waals surface area (Å²) in [6.07, 6.45) is 0. The third kappa shape index (κ3) is 7.61. The molecule has 1 heterocycles. The molecular weight excluding hydrogens is 362 g/mol. The molecule has 6 nitrogen and oxygen atoms in total. The summed E-state index contributed by atoms with van der Waals surface area (Å²) in [7, 11) is 1.84. The van der Waals surface area contributed by atoms with Gasteiger partial charge < -0.3 is 15.4 Å². The van der Waals surface area contributed by atoms with Crippen LogP contribution >= 0.6 is 0 Å². The molecule has 0 radical (unpaired) electrons. The second kappa shape index (κ2) is 12.8. The summed E-state index contributed by atoms with van der Waals surface area (Å²) < 4.78 is 5.52. The Morgan fingerprint density at radius 2 is 1.76 bits per heavy atom. The molecule has 2 N–H and O–H groups in total. The number of nitrogens with zero attached hydrogens (tertiary/aromatic N) is 3. The normalized spacial score (nSPS) is 17.0. The molecule has 0 amide bonds. The smallest absolute Gasteiger partial charge is 0.191 e. The van der Waals surface area contributed by atoms with Gasteiger partial charge in [-0.1, -0.05) is 52.0 Å². The van der Waals surface area contributed by atoms with Crippen molar-refractivity contribution in [2.75, 3.05) is 53.0 Å². The molecule has 1 saturated heterocycles. The van der Waals surface area contributed by atoms with Crippen LogP contribution in [0.5, 0.6) is 0 Å². The van der Waals surface area contributed by atoms with Crippen molar-refractivity contribution in [1.29, 1.82) is 0 Å². The number of ether oxygens (including phenoxy) is 1. The van der Waals surface area contributed by atoms with E-state index in [0.29, 0.717) is 12.0 Å². The predicted molar refractivity (Wildman–Crippen MR) is 122 cm³/mol. The van der Waals surface area contributed by atoms with Gasteiger partial charge in [-0.25, -0.2) is 0 Å². The van der Waals surface area contributed by atoms with Crippen LogP contribution in [-0.2, 0) is 17.8 Å². The Kier molecular flexibility index (Phi) is 10.5. The molecule has 1 aliphatic heterocycles. The van der Waals surface area contributed by atoms with Crippen LogP contribution < -0.4 is 10.6 Å². The molecule has 1 aliphatic rings. The fourth-order valence-electron chi connectivity index (χ4n) is 3.87. The van der Waals surface area contributed by atoms with Crippen LogP contribution in [0.3, 0.4) is 0 Å². The summed E-state index contributed by atoms with van der Waals surface area (Å²) in [5.41, 5.74) is 2.71. The molecule has 0 bridgehead atoms. The minimum absolute atomic E-state index is 0.479. The van der Waals surface area contributed by atoms with E-state index < -0.39 is 0 Å². The highest BCUT2D eigenvalue weighted by Crippen LogP contribution is 2.13. The SMILES string of the molecule is CCN(CC)Cc1ccccc1CNC(=NC)NCC(C(C)C)N1CCOCC1. The molecule has 0 spiro atoms. The molecule has 1 atom stereocenters. The summed E-state index contributed by atoms with van der Waals surface area (Å²) >= 11 is 0. The fourth-order valence-corrected chi connectivity index (χ4v) is 3.87. The maximum absolute atomic E-state index is 5.52. The number of aliphatic imine (C=N–C) groups is 1. The summed E-state index contributed by atoms with van der Waals surface area (Å²) in [6, 6.07) is 9.17. The van der Waals surface area contributed by atoms with Gasteiger partial charge in [-0.2, -0.15) is 0 Å². The van der Waals surface area contributed by atoms with Crippen molar-refractivity contribution in [3.8, 4) is 0 Å². The number of guanidine groups is 1. The van der Waals surface area contributed by atoms with Crippen molar-refractivity contribution in [3.63, 3.8) is 0 Å². The first-order valence-corrected chi connectivity index (χ1v) is 11.1. The molecule has 1 aromatic carbocycles. The van der Waals surface area contributed by atoms with Crippen molar-refractivity contribution >= 4 is 5.96 Å². The molecule has 1 aromatic rings. The number of rotatable bonds is 10. The minimum Gasteiger partial charge on any atom is -0.379 e. The summed E-state index contributed by atoms with van der Waals surface area (Å²) in [5, 5.41) is 7.06. The van der Waals surface area contributed by atoms with E-state index in [1.165, 1.54) is 11.1 Å². The monoisotopic (exact) mass is 403 g/mol. The van der Waals surface area contributed by atoms with E-state index in [4.69, 9.17) is 4.74 Å². The van der Waals surface area contributed by atoms with E-state index in [9.17, 15) is 0 Å². The zero-order valence-electron chi connectivity index (χ0n) is 19.1. The molecule has 0 aromatic heterocycles. The Labute approximate surface area is 177 Å². The van der Waals surface area contributed by atoms with E-state index >= 15 is 0 Å². The first kappa shape index (κ1) is 23.6. The van der Waals surface area contributed by atoms with Crippen LogP contribution in [0.15, 0.2) is 29.3 Å². The molecule has 29 heavy (non-hydrogen) atoms. The van der Waals surface area contributed by atoms with E-state index in [1.54, 1.807) is 0 Å². The highest BCUT2D eigenvalue weighted by atomic mass is 16.5. The highest BCUT2D eigenvalue weighted by Gasteiger charge is 2.23. The predicted octanol–water partition coefficient (Wildman–Crippen LogP) is 2.55. The Morgan fingerprint density at radius 1 is 1.10 bits per heavy atom. The van der Waals surface area contributed by atoms with Gasteiger partial charge in [0.15, 0.2) is 5.96 Å². The second-order valence-electron chi connectivity index (χ2n) is 8.00. The standard InChI is InChI=1S/C23H41N5O/c1-6-27(7-2)18-21-11-9-8-10-20(21)16-25-23(24-5)26-17-22(19(3)4)28-12-14-29-15-13-28/h8-11,19,22H,6-7,12-18H2,1-5H3,(H2,24,25,26). The maximum Gasteiger partial charge on any atom is 0.191 e. The zero-order valence-corrected chi connectivity index (χ0v) is 19.1. The van der Waals surface area contributed by atoms with Crippen LogP contribution in [0.25, 0.3) is 0 Å². The van der Waals surface area contributed by atoms with E-state index in [1.807, 2.05) is 7.05 Å². The van der Waals surface area contributed by atoms with Crippen LogP contribution in [0, 0.1) is 5.92 Å². The molecule has 2 rings (SSSR count). The Bertz CT molecular complexity index is 609. The van der Waals surface area contributed by atoms with Crippen molar-refractivity contribution in [3.05, 3.63) is 35.4 Å². The number of nitrogens with one attached hydrogen (secondary N) is 2. The molecule has 0 aliphatic carbocycles. The van der Waals surface area contributed by atoms with Gasteiger partial charge in [0.1, 0.15) is 0 Å². The zero-order chi connectivity index (χ0) is 21.1. The molecule has 1 unspecified atom stereocenters. The molecule has 6 heteroatoms. The largest absolute Gasteiger partial charge is 0.379 e. The summed E-state index contributed by atoms with van der Waals surface area (Å²) in [5.74, 6) is 1.44. The van der Waals surface area contributed by atoms with Gasteiger partial charge in [0.25, 0.3) is 0 Å². The first-order chi connectivity index (χ1) is 14.1. The van der Waals surface area contributed by atoms with Gasteiger partial charge in [-0.05, 0) is 30.1 Å². The number of benzene rings is 1. The van der Waals surface area contributed by atoms with E-state index in [-0.39, 0.29) is 0 Å². The topological polar surface area (TPSA) is 52.1 Å². The average molecular weight is 404 g/mol. The number of hydrogen-bond acceptors (Lipinski definition) is 4. The number of morpholine rings is 1. The van der Waals surface area contributed by atoms with Gasteiger partial charge in [0.05, 0.1) is 13.2 Å². The van der Waals surface area contributed by atoms with Crippen LogP contribution in [0.1, 0.15) is 38.8 Å². The second-order valence-corrected chi connectivity index (χ2v) is 8.00.